The van der Waals surface area contributed by atoms with Crippen LogP contribution in [0.5, 0.6) is 0 Å². The van der Waals surface area contributed by atoms with Gasteiger partial charge in [0.05, 0.1) is 0 Å². The zero-order chi connectivity index (χ0) is 13.3. The molecule has 1 aliphatic rings. The van der Waals surface area contributed by atoms with E-state index in [9.17, 15) is 0 Å². The average molecular weight is 246 g/mol. The minimum Gasteiger partial charge on any atom is -0.323 e. The van der Waals surface area contributed by atoms with Crippen molar-refractivity contribution in [2.75, 3.05) is 13.6 Å². The highest BCUT2D eigenvalue weighted by atomic mass is 14.9. The molecule has 1 unspecified atom stereocenters. The Bertz CT molecular complexity index is 433. The molecule has 1 aromatic carbocycles. The first-order valence-corrected chi connectivity index (χ1v) is 6.98. The molecule has 18 heavy (non-hydrogen) atoms. The molecule has 2 nitrogen and oxygen atoms in total. The summed E-state index contributed by atoms with van der Waals surface area (Å²) < 4.78 is 0. The number of aryl methyl sites for hydroxylation is 3. The summed E-state index contributed by atoms with van der Waals surface area (Å²) in [5.41, 5.74) is 12.3. The van der Waals surface area contributed by atoms with Gasteiger partial charge < -0.3 is 11.1 Å². The van der Waals surface area contributed by atoms with Crippen LogP contribution in [-0.4, -0.2) is 13.6 Å². The molecule has 0 saturated heterocycles. The molecule has 1 aromatic rings. The van der Waals surface area contributed by atoms with Crippen molar-refractivity contribution in [3.05, 3.63) is 34.4 Å². The van der Waals surface area contributed by atoms with Crippen molar-refractivity contribution < 1.29 is 0 Å². The first-order valence-electron chi connectivity index (χ1n) is 6.98. The Morgan fingerprint density at radius 1 is 1.17 bits per heavy atom. The molecule has 2 rings (SSSR count). The lowest BCUT2D eigenvalue weighted by Gasteiger charge is -2.47. The van der Waals surface area contributed by atoms with Gasteiger partial charge in [0.15, 0.2) is 0 Å². The molecule has 3 N–H and O–H groups in total. The van der Waals surface area contributed by atoms with E-state index >= 15 is 0 Å². The van der Waals surface area contributed by atoms with Crippen molar-refractivity contribution in [3.63, 3.8) is 0 Å². The van der Waals surface area contributed by atoms with E-state index in [0.29, 0.717) is 0 Å². The van der Waals surface area contributed by atoms with Gasteiger partial charge >= 0.3 is 0 Å². The van der Waals surface area contributed by atoms with E-state index < -0.39 is 0 Å². The molecule has 1 atom stereocenters. The fourth-order valence-corrected chi connectivity index (χ4v) is 3.23. The number of benzene rings is 1. The summed E-state index contributed by atoms with van der Waals surface area (Å²) in [5, 5.41) is 3.33. The van der Waals surface area contributed by atoms with Gasteiger partial charge in [-0.3, -0.25) is 0 Å². The maximum atomic E-state index is 6.60. The minimum absolute atomic E-state index is 0.165. The zero-order valence-corrected chi connectivity index (χ0v) is 12.1. The van der Waals surface area contributed by atoms with Gasteiger partial charge in [-0.25, -0.2) is 0 Å². The largest absolute Gasteiger partial charge is 0.323 e. The Morgan fingerprint density at radius 2 is 1.78 bits per heavy atom. The van der Waals surface area contributed by atoms with Crippen LogP contribution in [0, 0.1) is 26.2 Å². The van der Waals surface area contributed by atoms with Gasteiger partial charge in [0.2, 0.25) is 0 Å². The molecule has 100 valence electrons. The van der Waals surface area contributed by atoms with Crippen molar-refractivity contribution in [2.24, 2.45) is 11.1 Å². The van der Waals surface area contributed by atoms with Crippen LogP contribution in [0.3, 0.4) is 0 Å². The highest BCUT2D eigenvalue weighted by Gasteiger charge is 2.42. The third-order valence-electron chi connectivity index (χ3n) is 4.76. The molecule has 0 heterocycles. The van der Waals surface area contributed by atoms with Crippen molar-refractivity contribution in [3.8, 4) is 0 Å². The highest BCUT2D eigenvalue weighted by molar-refractivity contribution is 5.39. The summed E-state index contributed by atoms with van der Waals surface area (Å²) >= 11 is 0. The van der Waals surface area contributed by atoms with E-state index in [1.807, 2.05) is 7.05 Å². The lowest BCUT2D eigenvalue weighted by atomic mass is 9.62. The molecule has 1 fully saturated rings. The Balaban J connectivity index is 2.33. The molecule has 0 spiro atoms. The third kappa shape index (κ3) is 2.19. The molecule has 0 aliphatic heterocycles. The van der Waals surface area contributed by atoms with Crippen LogP contribution in [0.25, 0.3) is 0 Å². The molecule has 0 radical (unpaired) electrons. The van der Waals surface area contributed by atoms with Gasteiger partial charge in [-0.2, -0.15) is 0 Å². The molecule has 1 aliphatic carbocycles. The second-order valence-corrected chi connectivity index (χ2v) is 6.02. The Morgan fingerprint density at radius 3 is 2.28 bits per heavy atom. The van der Waals surface area contributed by atoms with Crippen LogP contribution >= 0.6 is 0 Å². The Labute approximate surface area is 111 Å². The molecule has 0 bridgehead atoms. The molecule has 1 saturated carbocycles. The fourth-order valence-electron chi connectivity index (χ4n) is 3.23. The predicted octanol–water partition coefficient (Wildman–Crippen LogP) is 3.00. The maximum Gasteiger partial charge on any atom is 0.0367 e. The van der Waals surface area contributed by atoms with Crippen molar-refractivity contribution >= 4 is 0 Å². The smallest absolute Gasteiger partial charge is 0.0367 e. The molecular formula is C16H26N2. The van der Waals surface area contributed by atoms with Crippen molar-refractivity contribution in [1.29, 1.82) is 0 Å². The standard InChI is InChI=1S/C16H26N2/c1-11-8-13(3)14(9-12(11)2)15(17)16(10-18-4)6-5-7-16/h8-9,15,18H,5-7,10,17H2,1-4H3. The number of hydrogen-bond donors (Lipinski definition) is 2. The lowest BCUT2D eigenvalue weighted by molar-refractivity contribution is 0.0944. The predicted molar refractivity (Wildman–Crippen MR) is 77.8 cm³/mol. The molecule has 2 heteroatoms. The van der Waals surface area contributed by atoms with Crippen LogP contribution in [0.1, 0.15) is 47.6 Å². The van der Waals surface area contributed by atoms with Gasteiger partial charge in [0.1, 0.15) is 0 Å². The summed E-state index contributed by atoms with van der Waals surface area (Å²) in [5.74, 6) is 0. The number of hydrogen-bond acceptors (Lipinski definition) is 2. The first-order chi connectivity index (χ1) is 8.50. The van der Waals surface area contributed by atoms with E-state index in [2.05, 4.69) is 38.2 Å². The van der Waals surface area contributed by atoms with Crippen molar-refractivity contribution in [1.82, 2.24) is 5.32 Å². The quantitative estimate of drug-likeness (QED) is 0.857. The number of nitrogens with two attached hydrogens (primary N) is 1. The van der Waals surface area contributed by atoms with Gasteiger partial charge in [0.25, 0.3) is 0 Å². The Kier molecular flexibility index (Phi) is 3.79. The van der Waals surface area contributed by atoms with Crippen molar-refractivity contribution in [2.45, 2.75) is 46.1 Å². The normalized spacial score (nSPS) is 19.4. The topological polar surface area (TPSA) is 38.0 Å². The second kappa shape index (κ2) is 5.02. The number of nitrogens with one attached hydrogen (secondary N) is 1. The van der Waals surface area contributed by atoms with Crippen LogP contribution in [-0.2, 0) is 0 Å². The summed E-state index contributed by atoms with van der Waals surface area (Å²) in [4.78, 5) is 0. The van der Waals surface area contributed by atoms with E-state index in [1.165, 1.54) is 41.5 Å². The number of rotatable bonds is 4. The third-order valence-corrected chi connectivity index (χ3v) is 4.76. The van der Waals surface area contributed by atoms with Crippen LogP contribution in [0.15, 0.2) is 12.1 Å². The highest BCUT2D eigenvalue weighted by Crippen LogP contribution is 2.49. The van der Waals surface area contributed by atoms with E-state index in [4.69, 9.17) is 5.73 Å². The fraction of sp³-hybridized carbons (Fsp3) is 0.625. The van der Waals surface area contributed by atoms with E-state index in [0.717, 1.165) is 6.54 Å². The van der Waals surface area contributed by atoms with Crippen LogP contribution in [0.4, 0.5) is 0 Å². The molecular weight excluding hydrogens is 220 g/mol. The molecule has 0 aromatic heterocycles. The Hall–Kier alpha value is -0.860. The van der Waals surface area contributed by atoms with Crippen LogP contribution in [0.2, 0.25) is 0 Å². The molecule has 0 amide bonds. The second-order valence-electron chi connectivity index (χ2n) is 6.02. The van der Waals surface area contributed by atoms with Gasteiger partial charge in [-0.1, -0.05) is 18.6 Å². The van der Waals surface area contributed by atoms with E-state index in [-0.39, 0.29) is 11.5 Å². The van der Waals surface area contributed by atoms with Crippen LogP contribution < -0.4 is 11.1 Å². The van der Waals surface area contributed by atoms with Gasteiger partial charge in [-0.15, -0.1) is 0 Å². The monoisotopic (exact) mass is 246 g/mol. The zero-order valence-electron chi connectivity index (χ0n) is 12.1. The lowest BCUT2D eigenvalue weighted by Crippen LogP contribution is -2.47. The van der Waals surface area contributed by atoms with Gasteiger partial charge in [-0.05, 0) is 62.9 Å². The van der Waals surface area contributed by atoms with Gasteiger partial charge in [0, 0.05) is 18.0 Å². The SMILES string of the molecule is CNCC1(C(N)c2cc(C)c(C)cc2C)CCC1. The minimum atomic E-state index is 0.165. The summed E-state index contributed by atoms with van der Waals surface area (Å²) in [6, 6.07) is 4.74. The average Bonchev–Trinajstić information content (AvgIpc) is 2.27. The first kappa shape index (κ1) is 13.6. The maximum absolute atomic E-state index is 6.60. The van der Waals surface area contributed by atoms with E-state index in [1.54, 1.807) is 0 Å². The summed E-state index contributed by atoms with van der Waals surface area (Å²) in [6.45, 7) is 7.56. The summed E-state index contributed by atoms with van der Waals surface area (Å²) in [6.07, 6.45) is 3.82. The summed E-state index contributed by atoms with van der Waals surface area (Å²) in [7, 11) is 2.03.